The fourth-order valence-electron chi connectivity index (χ4n) is 5.02. The minimum atomic E-state index is 0.927. The van der Waals surface area contributed by atoms with E-state index in [1.807, 2.05) is 24.5 Å². The number of hydrogen-bond donors (Lipinski definition) is 4. The van der Waals surface area contributed by atoms with Crippen molar-refractivity contribution in [2.75, 3.05) is 78.5 Å². The first-order valence-electron chi connectivity index (χ1n) is 15.0. The van der Waals surface area contributed by atoms with Crippen LogP contribution >= 0.6 is 0 Å². The summed E-state index contributed by atoms with van der Waals surface area (Å²) in [7, 11) is 0. The molecule has 216 valence electrons. The Morgan fingerprint density at radius 2 is 1.12 bits per heavy atom. The van der Waals surface area contributed by atoms with Crippen molar-refractivity contribution in [1.82, 2.24) is 41.0 Å². The Labute approximate surface area is 241 Å². The molecule has 1 saturated heterocycles. The van der Waals surface area contributed by atoms with Gasteiger partial charge in [-0.15, -0.1) is 0 Å². The molecule has 0 bridgehead atoms. The highest BCUT2D eigenvalue weighted by atomic mass is 15.2. The van der Waals surface area contributed by atoms with E-state index in [0.717, 1.165) is 116 Å². The lowest BCUT2D eigenvalue weighted by Gasteiger charge is -2.25. The van der Waals surface area contributed by atoms with Gasteiger partial charge in [0.1, 0.15) is 0 Å². The molecule has 0 unspecified atom stereocenters. The summed E-state index contributed by atoms with van der Waals surface area (Å²) in [4.78, 5) is 14.2. The van der Waals surface area contributed by atoms with Crippen LogP contribution in [0.1, 0.15) is 22.5 Å². The molecule has 1 fully saturated rings. The molecule has 8 nitrogen and oxygen atoms in total. The molecule has 0 aliphatic carbocycles. The summed E-state index contributed by atoms with van der Waals surface area (Å²) in [6, 6.07) is 21.5. The minimum absolute atomic E-state index is 0.927. The molecule has 4 rings (SSSR count). The van der Waals surface area contributed by atoms with E-state index in [1.54, 1.807) is 0 Å². The van der Waals surface area contributed by atoms with Crippen molar-refractivity contribution < 1.29 is 0 Å². The van der Waals surface area contributed by atoms with Gasteiger partial charge in [-0.2, -0.15) is 0 Å². The van der Waals surface area contributed by atoms with Gasteiger partial charge in [-0.1, -0.05) is 36.4 Å². The minimum Gasteiger partial charge on any atom is -0.314 e. The van der Waals surface area contributed by atoms with E-state index in [4.69, 9.17) is 0 Å². The molecule has 2 aromatic heterocycles. The normalized spacial score (nSPS) is 16.8. The van der Waals surface area contributed by atoms with E-state index in [0.29, 0.717) is 0 Å². The predicted octanol–water partition coefficient (Wildman–Crippen LogP) is 1.94. The molecule has 3 aromatic rings. The standard InChI is InChI=1S/C32H48N8/c1-3-12-37-31(8-1)10-22-39(23-11-32-9-2-4-13-38-32)27-29-6-5-7-30(26-29)28-40-24-20-35-18-16-33-14-15-34-17-19-36-21-25-40/h1-9,12-13,26,33-36H,10-11,14-25,27-28H2. The fraction of sp³-hybridized carbons (Fsp3) is 0.500. The Balaban J connectivity index is 1.35. The zero-order valence-corrected chi connectivity index (χ0v) is 24.0. The number of hydrogen-bond acceptors (Lipinski definition) is 8. The molecule has 1 aromatic carbocycles. The summed E-state index contributed by atoms with van der Waals surface area (Å²) < 4.78 is 0. The first-order valence-corrected chi connectivity index (χ1v) is 15.0. The smallest absolute Gasteiger partial charge is 0.0416 e. The molecule has 1 aliphatic rings. The van der Waals surface area contributed by atoms with Gasteiger partial charge in [0.05, 0.1) is 0 Å². The van der Waals surface area contributed by atoms with Gasteiger partial charge in [0.2, 0.25) is 0 Å². The van der Waals surface area contributed by atoms with E-state index in [1.165, 1.54) is 11.1 Å². The second-order valence-corrected chi connectivity index (χ2v) is 10.5. The lowest BCUT2D eigenvalue weighted by molar-refractivity contribution is 0.263. The zero-order valence-electron chi connectivity index (χ0n) is 24.0. The van der Waals surface area contributed by atoms with E-state index >= 15 is 0 Å². The monoisotopic (exact) mass is 544 g/mol. The van der Waals surface area contributed by atoms with Crippen LogP contribution in [0, 0.1) is 0 Å². The van der Waals surface area contributed by atoms with Crippen molar-refractivity contribution in [3.05, 3.63) is 95.6 Å². The number of rotatable bonds is 10. The highest BCUT2D eigenvalue weighted by Gasteiger charge is 2.11. The van der Waals surface area contributed by atoms with Gasteiger partial charge in [0.25, 0.3) is 0 Å². The van der Waals surface area contributed by atoms with Crippen LogP contribution in [-0.2, 0) is 25.9 Å². The average Bonchev–Trinajstić information content (AvgIpc) is 3.00. The van der Waals surface area contributed by atoms with Crippen molar-refractivity contribution in [2.24, 2.45) is 0 Å². The first kappa shape index (κ1) is 30.2. The fourth-order valence-corrected chi connectivity index (χ4v) is 5.02. The summed E-state index contributed by atoms with van der Waals surface area (Å²) in [5, 5.41) is 14.2. The molecule has 0 radical (unpaired) electrons. The number of aromatic nitrogens is 2. The number of pyridine rings is 2. The molecule has 0 amide bonds. The summed E-state index contributed by atoms with van der Waals surface area (Å²) in [5.74, 6) is 0. The van der Waals surface area contributed by atoms with E-state index in [2.05, 4.69) is 89.6 Å². The van der Waals surface area contributed by atoms with Gasteiger partial charge in [0.15, 0.2) is 0 Å². The molecule has 0 spiro atoms. The number of nitrogens with one attached hydrogen (secondary N) is 4. The summed E-state index contributed by atoms with van der Waals surface area (Å²) >= 11 is 0. The Bertz CT molecular complexity index is 990. The quantitative estimate of drug-likeness (QED) is 0.309. The van der Waals surface area contributed by atoms with Crippen LogP contribution in [0.4, 0.5) is 0 Å². The van der Waals surface area contributed by atoms with Crippen LogP contribution in [0.5, 0.6) is 0 Å². The SMILES string of the molecule is c1ccc(CCN(CCc2ccccn2)Cc2cccc(CN3CCNCCNCCNCCNCC3)c2)nc1. The van der Waals surface area contributed by atoms with Gasteiger partial charge in [0, 0.05) is 128 Å². The second kappa shape index (κ2) is 18.6. The maximum Gasteiger partial charge on any atom is 0.0416 e. The molecule has 0 saturated carbocycles. The lowest BCUT2D eigenvalue weighted by Crippen LogP contribution is -2.38. The topological polar surface area (TPSA) is 80.4 Å². The van der Waals surface area contributed by atoms with Crippen molar-refractivity contribution in [3.8, 4) is 0 Å². The highest BCUT2D eigenvalue weighted by molar-refractivity contribution is 5.23. The molecule has 0 atom stereocenters. The Morgan fingerprint density at radius 1 is 0.600 bits per heavy atom. The zero-order chi connectivity index (χ0) is 27.5. The number of nitrogens with zero attached hydrogens (tertiary/aromatic N) is 4. The van der Waals surface area contributed by atoms with E-state index < -0.39 is 0 Å². The third-order valence-electron chi connectivity index (χ3n) is 7.27. The molecular formula is C32H48N8. The highest BCUT2D eigenvalue weighted by Crippen LogP contribution is 2.12. The van der Waals surface area contributed by atoms with Gasteiger partial charge in [-0.05, 0) is 35.4 Å². The Kier molecular flexibility index (Phi) is 14.1. The number of benzene rings is 1. The van der Waals surface area contributed by atoms with Crippen molar-refractivity contribution in [1.29, 1.82) is 0 Å². The van der Waals surface area contributed by atoms with Crippen molar-refractivity contribution >= 4 is 0 Å². The lowest BCUT2D eigenvalue weighted by atomic mass is 10.1. The van der Waals surface area contributed by atoms with E-state index in [-0.39, 0.29) is 0 Å². The maximum atomic E-state index is 4.55. The molecule has 8 heteroatoms. The van der Waals surface area contributed by atoms with Gasteiger partial charge in [-0.25, -0.2) is 0 Å². The molecule has 3 heterocycles. The maximum absolute atomic E-state index is 4.55. The van der Waals surface area contributed by atoms with E-state index in [9.17, 15) is 0 Å². The van der Waals surface area contributed by atoms with Crippen LogP contribution in [0.3, 0.4) is 0 Å². The van der Waals surface area contributed by atoms with Gasteiger partial charge >= 0.3 is 0 Å². The largest absolute Gasteiger partial charge is 0.314 e. The van der Waals surface area contributed by atoms with Crippen LogP contribution in [-0.4, -0.2) is 98.3 Å². The predicted molar refractivity (Wildman–Crippen MR) is 164 cm³/mol. The van der Waals surface area contributed by atoms with Crippen LogP contribution in [0.2, 0.25) is 0 Å². The summed E-state index contributed by atoms with van der Waals surface area (Å²) in [5.41, 5.74) is 5.04. The third kappa shape index (κ3) is 12.2. The summed E-state index contributed by atoms with van der Waals surface area (Å²) in [6.45, 7) is 14.0. The van der Waals surface area contributed by atoms with Crippen LogP contribution < -0.4 is 21.3 Å². The molecular weight excluding hydrogens is 496 g/mol. The summed E-state index contributed by atoms with van der Waals surface area (Å²) in [6.07, 6.45) is 5.67. The third-order valence-corrected chi connectivity index (χ3v) is 7.27. The second-order valence-electron chi connectivity index (χ2n) is 10.5. The van der Waals surface area contributed by atoms with Gasteiger partial charge < -0.3 is 21.3 Å². The van der Waals surface area contributed by atoms with Crippen LogP contribution in [0.25, 0.3) is 0 Å². The molecule has 4 N–H and O–H groups in total. The van der Waals surface area contributed by atoms with Crippen molar-refractivity contribution in [2.45, 2.75) is 25.9 Å². The van der Waals surface area contributed by atoms with Gasteiger partial charge in [-0.3, -0.25) is 19.8 Å². The van der Waals surface area contributed by atoms with Crippen LogP contribution in [0.15, 0.2) is 73.1 Å². The first-order chi connectivity index (χ1) is 19.8. The Morgan fingerprint density at radius 3 is 1.65 bits per heavy atom. The average molecular weight is 545 g/mol. The molecule has 1 aliphatic heterocycles. The molecule has 40 heavy (non-hydrogen) atoms. The Hall–Kier alpha value is -2.72. The van der Waals surface area contributed by atoms with Crippen molar-refractivity contribution in [3.63, 3.8) is 0 Å².